The molecule has 0 bridgehead atoms. The number of hydrogen-bond acceptors (Lipinski definition) is 9. The Morgan fingerprint density at radius 1 is 0.845 bits per heavy atom. The Labute approximate surface area is 335 Å². The lowest BCUT2D eigenvalue weighted by Gasteiger charge is -2.33. The number of carbonyl (C=O) groups is 5. The summed E-state index contributed by atoms with van der Waals surface area (Å²) in [6.45, 7) is 6.39. The number of aromatic amines is 2. The van der Waals surface area contributed by atoms with E-state index >= 15 is 0 Å². The second-order valence-corrected chi connectivity index (χ2v) is 15.7. The van der Waals surface area contributed by atoms with Gasteiger partial charge in [0.25, 0.3) is 17.4 Å². The van der Waals surface area contributed by atoms with Crippen LogP contribution in [0.15, 0.2) is 70.3 Å². The summed E-state index contributed by atoms with van der Waals surface area (Å²) in [5.41, 5.74) is 3.23. The van der Waals surface area contributed by atoms with Crippen molar-refractivity contribution in [3.8, 4) is 0 Å². The molecule has 2 aromatic carbocycles. The van der Waals surface area contributed by atoms with Crippen LogP contribution in [0.3, 0.4) is 0 Å². The number of hydrogen-bond donors (Lipinski definition) is 9. The Balaban J connectivity index is 1.50. The summed E-state index contributed by atoms with van der Waals surface area (Å²) in [5, 5.41) is 24.8. The van der Waals surface area contributed by atoms with Crippen LogP contribution in [-0.4, -0.2) is 81.4 Å². The van der Waals surface area contributed by atoms with Crippen LogP contribution in [-0.2, 0) is 31.1 Å². The molecule has 0 saturated heterocycles. The van der Waals surface area contributed by atoms with Crippen molar-refractivity contribution >= 4 is 29.5 Å². The number of aliphatic hydroxyl groups excluding tert-OH is 1. The Morgan fingerprint density at radius 2 is 1.47 bits per heavy atom. The molecule has 0 spiro atoms. The van der Waals surface area contributed by atoms with Crippen molar-refractivity contribution in [3.05, 3.63) is 104 Å². The summed E-state index contributed by atoms with van der Waals surface area (Å²) in [6.07, 6.45) is 3.34. The minimum atomic E-state index is -1.68. The molecule has 5 atom stereocenters. The third-order valence-corrected chi connectivity index (χ3v) is 10.3. The predicted molar refractivity (Wildman–Crippen MR) is 214 cm³/mol. The topological polar surface area (TPSA) is 257 Å². The van der Waals surface area contributed by atoms with E-state index in [-0.39, 0.29) is 18.8 Å². The maximum atomic E-state index is 14.3. The molecule has 1 heterocycles. The monoisotopic (exact) mass is 806 g/mol. The number of rotatable bonds is 18. The Morgan fingerprint density at radius 3 is 2.09 bits per heavy atom. The molecular formula is C41H55FN8O8. The average molecular weight is 807 g/mol. The SMILES string of the molecule is CC(C)[C@H](NC(=O)[C@@H](N)CNC(=O)c1[nH]c(=O)[nH]c(=O)c1F)C(=O)N[C@@H](CC1CCCCC1)C(=O)N[C@@H](Cc1ccccc1)[C@@H](O)C(=O)NC(C)(C)c1ccccc1. The summed E-state index contributed by atoms with van der Waals surface area (Å²) in [4.78, 5) is 94.0. The molecule has 1 aromatic heterocycles. The van der Waals surface area contributed by atoms with Crippen molar-refractivity contribution in [1.29, 1.82) is 0 Å². The van der Waals surface area contributed by atoms with E-state index in [0.717, 1.165) is 43.2 Å². The van der Waals surface area contributed by atoms with Gasteiger partial charge in [-0.1, -0.05) is 107 Å². The van der Waals surface area contributed by atoms with Crippen molar-refractivity contribution in [1.82, 2.24) is 36.6 Å². The number of carbonyl (C=O) groups excluding carboxylic acids is 5. The number of aromatic nitrogens is 2. The molecule has 0 radical (unpaired) electrons. The van der Waals surface area contributed by atoms with E-state index in [2.05, 4.69) is 26.6 Å². The van der Waals surface area contributed by atoms with Gasteiger partial charge in [0, 0.05) is 6.54 Å². The third kappa shape index (κ3) is 12.7. The molecule has 1 saturated carbocycles. The van der Waals surface area contributed by atoms with Crippen molar-refractivity contribution < 1.29 is 33.5 Å². The molecule has 1 aliphatic rings. The smallest absolute Gasteiger partial charge is 0.326 e. The standard InChI is InChI=1S/C41H55FN8O8/c1-23(2)31(47-34(52)27(43)22-44-37(55)32-30(42)36(54)49-40(58)48-32)38(56)46-29(21-25-16-10-6-11-17-25)35(53)45-28(20-24-14-8-5-9-15-24)33(51)39(57)50-41(3,4)26-18-12-7-13-19-26/h5,7-9,12-15,18-19,23,25,27-29,31,33,51H,6,10-11,16-17,20-22,43H2,1-4H3,(H,44,55)(H,45,53)(H,46,56)(H,47,52)(H,50,57)(H2,48,49,54,58)/t27-,28-,29-,31-,33+/m0/s1. The van der Waals surface area contributed by atoms with E-state index in [1.165, 1.54) is 0 Å². The number of halogens is 1. The zero-order valence-corrected chi connectivity index (χ0v) is 33.2. The van der Waals surface area contributed by atoms with E-state index in [0.29, 0.717) is 0 Å². The van der Waals surface area contributed by atoms with Crippen LogP contribution in [0.5, 0.6) is 0 Å². The molecule has 3 aromatic rings. The Hall–Kier alpha value is -5.68. The van der Waals surface area contributed by atoms with Crippen LogP contribution >= 0.6 is 0 Å². The molecule has 0 aliphatic heterocycles. The molecule has 58 heavy (non-hydrogen) atoms. The van der Waals surface area contributed by atoms with Gasteiger partial charge in [-0.05, 0) is 49.7 Å². The van der Waals surface area contributed by atoms with Crippen LogP contribution in [0.1, 0.15) is 87.8 Å². The largest absolute Gasteiger partial charge is 0.381 e. The van der Waals surface area contributed by atoms with Crippen LogP contribution < -0.4 is 43.6 Å². The summed E-state index contributed by atoms with van der Waals surface area (Å²) in [6, 6.07) is 13.5. The predicted octanol–water partition coefficient (Wildman–Crippen LogP) is 0.995. The van der Waals surface area contributed by atoms with Crippen LogP contribution in [0, 0.1) is 17.7 Å². The first-order chi connectivity index (χ1) is 27.5. The minimum absolute atomic E-state index is 0.0968. The molecule has 1 fully saturated rings. The fraction of sp³-hybridized carbons (Fsp3) is 0.488. The Bertz CT molecular complexity index is 2000. The van der Waals surface area contributed by atoms with Crippen molar-refractivity contribution in [2.24, 2.45) is 17.6 Å². The first-order valence-electron chi connectivity index (χ1n) is 19.5. The average Bonchev–Trinajstić information content (AvgIpc) is 3.20. The van der Waals surface area contributed by atoms with Gasteiger partial charge in [0.2, 0.25) is 23.5 Å². The van der Waals surface area contributed by atoms with Crippen LogP contribution in [0.25, 0.3) is 0 Å². The van der Waals surface area contributed by atoms with Crippen molar-refractivity contribution in [3.63, 3.8) is 0 Å². The number of nitrogens with one attached hydrogen (secondary N) is 7. The van der Waals surface area contributed by atoms with Crippen LogP contribution in [0.2, 0.25) is 0 Å². The summed E-state index contributed by atoms with van der Waals surface area (Å²) in [5.74, 6) is -6.02. The zero-order chi connectivity index (χ0) is 42.6. The Kier molecular flexibility index (Phi) is 16.0. The molecule has 1 aliphatic carbocycles. The highest BCUT2D eigenvalue weighted by atomic mass is 19.1. The van der Waals surface area contributed by atoms with E-state index in [1.807, 2.05) is 53.5 Å². The second-order valence-electron chi connectivity index (χ2n) is 15.7. The number of H-pyrrole nitrogens is 2. The third-order valence-electron chi connectivity index (χ3n) is 10.3. The minimum Gasteiger partial charge on any atom is -0.381 e. The van der Waals surface area contributed by atoms with E-state index in [1.54, 1.807) is 44.8 Å². The fourth-order valence-corrected chi connectivity index (χ4v) is 6.94. The van der Waals surface area contributed by atoms with Gasteiger partial charge < -0.3 is 42.4 Å². The van der Waals surface area contributed by atoms with Crippen LogP contribution in [0.4, 0.5) is 4.39 Å². The molecule has 0 unspecified atom stereocenters. The second kappa shape index (κ2) is 20.7. The highest BCUT2D eigenvalue weighted by Gasteiger charge is 2.36. The van der Waals surface area contributed by atoms with Gasteiger partial charge in [-0.3, -0.25) is 33.8 Å². The summed E-state index contributed by atoms with van der Waals surface area (Å²) < 4.78 is 14.1. The molecule has 16 nitrogen and oxygen atoms in total. The zero-order valence-electron chi connectivity index (χ0n) is 33.2. The van der Waals surface area contributed by atoms with Gasteiger partial charge in [-0.25, -0.2) is 4.79 Å². The fourth-order valence-electron chi connectivity index (χ4n) is 6.94. The number of aliphatic hydroxyl groups is 1. The van der Waals surface area contributed by atoms with Gasteiger partial charge >= 0.3 is 5.69 Å². The lowest BCUT2D eigenvalue weighted by Crippen LogP contribution is -2.61. The lowest BCUT2D eigenvalue weighted by atomic mass is 9.84. The number of nitrogens with two attached hydrogens (primary N) is 1. The molecule has 5 amide bonds. The molecule has 17 heteroatoms. The van der Waals surface area contributed by atoms with E-state index in [4.69, 9.17) is 5.73 Å². The van der Waals surface area contributed by atoms with Gasteiger partial charge in [0.15, 0.2) is 6.10 Å². The first-order valence-corrected chi connectivity index (χ1v) is 19.5. The van der Waals surface area contributed by atoms with Gasteiger partial charge in [0.1, 0.15) is 23.8 Å². The van der Waals surface area contributed by atoms with E-state index < -0.39 is 101 Å². The van der Waals surface area contributed by atoms with Crippen molar-refractivity contribution in [2.75, 3.05) is 6.54 Å². The molecule has 4 rings (SSSR count). The summed E-state index contributed by atoms with van der Waals surface area (Å²) in [7, 11) is 0. The first kappa shape index (κ1) is 45.0. The molecule has 10 N–H and O–H groups in total. The molecule has 314 valence electrons. The van der Waals surface area contributed by atoms with E-state index in [9.17, 15) is 43.1 Å². The van der Waals surface area contributed by atoms with Gasteiger partial charge in [-0.15, -0.1) is 0 Å². The number of benzene rings is 2. The normalized spacial score (nSPS) is 15.9. The van der Waals surface area contributed by atoms with Gasteiger partial charge in [0.05, 0.1) is 11.6 Å². The highest BCUT2D eigenvalue weighted by Crippen LogP contribution is 2.28. The quantitative estimate of drug-likeness (QED) is 0.0888. The van der Waals surface area contributed by atoms with Gasteiger partial charge in [-0.2, -0.15) is 4.39 Å². The maximum Gasteiger partial charge on any atom is 0.326 e. The maximum absolute atomic E-state index is 14.3. The highest BCUT2D eigenvalue weighted by molar-refractivity contribution is 5.95. The summed E-state index contributed by atoms with van der Waals surface area (Å²) >= 11 is 0. The lowest BCUT2D eigenvalue weighted by molar-refractivity contribution is -0.136. The molecular weight excluding hydrogens is 751 g/mol. The number of amides is 5. The van der Waals surface area contributed by atoms with Crippen molar-refractivity contribution in [2.45, 2.75) is 108 Å².